The maximum absolute atomic E-state index is 12.6. The average molecular weight is 822 g/mol. The van der Waals surface area contributed by atoms with E-state index < -0.39 is 45.1 Å². The van der Waals surface area contributed by atoms with Crippen molar-refractivity contribution in [2.45, 2.75) is 180 Å². The quantitative estimate of drug-likeness (QED) is 0.0235. The Morgan fingerprint density at radius 3 is 1.53 bits per heavy atom. The Kier molecular flexibility index (Phi) is 39.7. The number of carbonyl (C=O) groups excluding carboxylic acids is 1. The van der Waals surface area contributed by atoms with Gasteiger partial charge >= 0.3 is 19.8 Å². The minimum atomic E-state index is -4.63. The highest BCUT2D eigenvalue weighted by molar-refractivity contribution is 7.47. The predicted molar refractivity (Wildman–Crippen MR) is 235 cm³/mol. The number of carbonyl (C=O) groups is 2. The molecule has 0 aromatic carbocycles. The minimum Gasteiger partial charge on any atom is -0.480 e. The first kappa shape index (κ1) is 54.4. The standard InChI is InChI=1S/C46H80NO9P/c1-3-5-7-9-11-13-15-17-19-21-23-25-27-29-31-33-35-37-39-53-40-43(41-54-57(51,52)55-42-44(47)46(49)50)56-45(48)38-36-34-32-30-28-26-24-22-20-18-16-14-12-10-8-6-4-2/h6,8,11-14,17-20,24,26,43-44H,3-5,7,9-10,15-16,21-23,25,27-42,47H2,1-2H3,(H,49,50)(H,51,52)/b8-6-,13-11-,14-12-,19-17-,20-18-,26-24-. The van der Waals surface area contributed by atoms with Crippen LogP contribution >= 0.6 is 7.82 Å². The normalized spacial score (nSPS) is 14.6. The summed E-state index contributed by atoms with van der Waals surface area (Å²) in [7, 11) is -4.63. The molecule has 0 aliphatic heterocycles. The van der Waals surface area contributed by atoms with Gasteiger partial charge in [0, 0.05) is 13.0 Å². The summed E-state index contributed by atoms with van der Waals surface area (Å²) in [5.74, 6) is -1.81. The number of hydrogen-bond donors (Lipinski definition) is 3. The SMILES string of the molecule is CC/C=C\C/C=C\C/C=C\C/C=C\CCCCCCC(=O)OC(COCCCCCCCCCC/C=C\C/C=C\CCCCC)COP(=O)(O)OCC(N)C(=O)O. The molecule has 57 heavy (non-hydrogen) atoms. The van der Waals surface area contributed by atoms with Crippen LogP contribution in [0, 0.1) is 0 Å². The predicted octanol–water partition coefficient (Wildman–Crippen LogP) is 12.2. The fraction of sp³-hybridized carbons (Fsp3) is 0.696. The highest BCUT2D eigenvalue weighted by atomic mass is 31.2. The summed E-state index contributed by atoms with van der Waals surface area (Å²) in [6.45, 7) is 3.69. The number of nitrogens with two attached hydrogens (primary N) is 1. The molecule has 0 bridgehead atoms. The summed E-state index contributed by atoms with van der Waals surface area (Å²) in [6.07, 6.45) is 50.9. The number of phosphoric acid groups is 1. The van der Waals surface area contributed by atoms with Gasteiger partial charge in [-0.2, -0.15) is 0 Å². The molecule has 0 saturated carbocycles. The van der Waals surface area contributed by atoms with E-state index in [-0.39, 0.29) is 13.0 Å². The van der Waals surface area contributed by atoms with Crippen molar-refractivity contribution in [3.63, 3.8) is 0 Å². The first-order valence-electron chi connectivity index (χ1n) is 22.0. The van der Waals surface area contributed by atoms with Gasteiger partial charge in [-0.3, -0.25) is 18.6 Å². The topological polar surface area (TPSA) is 155 Å². The van der Waals surface area contributed by atoms with Crippen molar-refractivity contribution in [3.8, 4) is 0 Å². The number of esters is 1. The summed E-state index contributed by atoms with van der Waals surface area (Å²) in [4.78, 5) is 33.5. The van der Waals surface area contributed by atoms with E-state index >= 15 is 0 Å². The van der Waals surface area contributed by atoms with E-state index in [1.807, 2.05) is 0 Å². The minimum absolute atomic E-state index is 0.00105. The van der Waals surface area contributed by atoms with Crippen LogP contribution in [0.1, 0.15) is 168 Å². The van der Waals surface area contributed by atoms with Gasteiger partial charge < -0.3 is 25.2 Å². The molecule has 0 spiro atoms. The van der Waals surface area contributed by atoms with Crippen molar-refractivity contribution in [2.75, 3.05) is 26.4 Å². The number of ether oxygens (including phenoxy) is 2. The molecule has 0 aliphatic carbocycles. The van der Waals surface area contributed by atoms with Crippen LogP contribution in [-0.4, -0.2) is 60.5 Å². The van der Waals surface area contributed by atoms with E-state index in [1.165, 1.54) is 57.8 Å². The van der Waals surface area contributed by atoms with E-state index in [9.17, 15) is 19.0 Å². The number of rotatable bonds is 41. The molecule has 0 aliphatic rings. The van der Waals surface area contributed by atoms with Crippen LogP contribution in [0.4, 0.5) is 0 Å². The van der Waals surface area contributed by atoms with E-state index in [1.54, 1.807) is 0 Å². The van der Waals surface area contributed by atoms with Crippen LogP contribution in [0.3, 0.4) is 0 Å². The molecule has 0 rings (SSSR count). The molecule has 3 unspecified atom stereocenters. The fourth-order valence-electron chi connectivity index (χ4n) is 5.56. The van der Waals surface area contributed by atoms with Crippen LogP contribution in [0.5, 0.6) is 0 Å². The zero-order valence-corrected chi connectivity index (χ0v) is 36.6. The molecule has 10 nitrogen and oxygen atoms in total. The number of allylic oxidation sites excluding steroid dienone is 12. The Morgan fingerprint density at radius 1 is 0.579 bits per heavy atom. The van der Waals surface area contributed by atoms with Crippen molar-refractivity contribution in [1.82, 2.24) is 0 Å². The van der Waals surface area contributed by atoms with Crippen molar-refractivity contribution < 1.29 is 42.7 Å². The van der Waals surface area contributed by atoms with Gasteiger partial charge in [-0.15, -0.1) is 0 Å². The molecule has 0 saturated heterocycles. The Hall–Kier alpha value is -2.59. The second kappa shape index (κ2) is 41.6. The highest BCUT2D eigenvalue weighted by Gasteiger charge is 2.27. The highest BCUT2D eigenvalue weighted by Crippen LogP contribution is 2.43. The molecule has 0 amide bonds. The van der Waals surface area contributed by atoms with Crippen LogP contribution in [0.2, 0.25) is 0 Å². The van der Waals surface area contributed by atoms with Gasteiger partial charge in [-0.25, -0.2) is 4.57 Å². The Labute approximate surface area is 346 Å². The first-order valence-corrected chi connectivity index (χ1v) is 23.5. The Morgan fingerprint density at radius 2 is 1.02 bits per heavy atom. The first-order chi connectivity index (χ1) is 27.7. The van der Waals surface area contributed by atoms with E-state index in [2.05, 4.69) is 86.8 Å². The van der Waals surface area contributed by atoms with Crippen molar-refractivity contribution in [3.05, 3.63) is 72.9 Å². The van der Waals surface area contributed by atoms with Crippen molar-refractivity contribution >= 4 is 19.8 Å². The van der Waals surface area contributed by atoms with Gasteiger partial charge in [0.05, 0.1) is 19.8 Å². The third kappa shape index (κ3) is 41.4. The number of unbranched alkanes of at least 4 members (excludes halogenated alkanes) is 15. The molecule has 328 valence electrons. The Bertz CT molecular complexity index is 1180. The second-order valence-electron chi connectivity index (χ2n) is 14.4. The largest absolute Gasteiger partial charge is 0.480 e. The summed E-state index contributed by atoms with van der Waals surface area (Å²) < 4.78 is 33.3. The number of aliphatic carboxylic acids is 1. The van der Waals surface area contributed by atoms with Gasteiger partial charge in [-0.1, -0.05) is 151 Å². The van der Waals surface area contributed by atoms with Crippen LogP contribution < -0.4 is 5.73 Å². The summed E-state index contributed by atoms with van der Waals surface area (Å²) in [5.41, 5.74) is 5.35. The number of phosphoric ester groups is 1. The number of carboxylic acids is 1. The maximum atomic E-state index is 12.6. The second-order valence-corrected chi connectivity index (χ2v) is 15.9. The monoisotopic (exact) mass is 822 g/mol. The molecule has 4 N–H and O–H groups in total. The molecule has 0 heterocycles. The zero-order valence-electron chi connectivity index (χ0n) is 35.7. The third-order valence-corrected chi connectivity index (χ3v) is 9.92. The maximum Gasteiger partial charge on any atom is 0.472 e. The van der Waals surface area contributed by atoms with Crippen molar-refractivity contribution in [2.24, 2.45) is 5.73 Å². The zero-order chi connectivity index (χ0) is 41.9. The van der Waals surface area contributed by atoms with Gasteiger partial charge in [0.1, 0.15) is 12.1 Å². The molecular formula is C46H80NO9P. The summed E-state index contributed by atoms with van der Waals surface area (Å²) >= 11 is 0. The van der Waals surface area contributed by atoms with Gasteiger partial charge in [-0.05, 0) is 83.5 Å². The molecular weight excluding hydrogens is 741 g/mol. The summed E-state index contributed by atoms with van der Waals surface area (Å²) in [5, 5.41) is 8.90. The third-order valence-electron chi connectivity index (χ3n) is 8.97. The van der Waals surface area contributed by atoms with Crippen LogP contribution in [0.15, 0.2) is 72.9 Å². The molecule has 3 atom stereocenters. The number of carboxylic acid groups (broad SMARTS) is 1. The lowest BCUT2D eigenvalue weighted by atomic mass is 10.1. The van der Waals surface area contributed by atoms with Gasteiger partial charge in [0.2, 0.25) is 0 Å². The molecule has 11 heteroatoms. The van der Waals surface area contributed by atoms with E-state index in [0.29, 0.717) is 13.0 Å². The smallest absolute Gasteiger partial charge is 0.472 e. The molecule has 0 fully saturated rings. The van der Waals surface area contributed by atoms with E-state index in [4.69, 9.17) is 29.4 Å². The lowest BCUT2D eigenvalue weighted by Gasteiger charge is -2.20. The molecule has 0 radical (unpaired) electrons. The van der Waals surface area contributed by atoms with Crippen LogP contribution in [0.25, 0.3) is 0 Å². The molecule has 0 aromatic rings. The van der Waals surface area contributed by atoms with Crippen LogP contribution in [-0.2, 0) is 32.7 Å². The number of hydrogen-bond acceptors (Lipinski definition) is 8. The van der Waals surface area contributed by atoms with Crippen molar-refractivity contribution in [1.29, 1.82) is 0 Å². The Balaban J connectivity index is 4.30. The van der Waals surface area contributed by atoms with Gasteiger partial charge in [0.25, 0.3) is 0 Å². The van der Waals surface area contributed by atoms with E-state index in [0.717, 1.165) is 83.5 Å². The lowest BCUT2D eigenvalue weighted by Crippen LogP contribution is -2.34. The summed E-state index contributed by atoms with van der Waals surface area (Å²) in [6, 6.07) is -1.48. The van der Waals surface area contributed by atoms with Gasteiger partial charge in [0.15, 0.2) is 0 Å². The molecule has 0 aromatic heterocycles. The fourth-order valence-corrected chi connectivity index (χ4v) is 6.34. The average Bonchev–Trinajstić information content (AvgIpc) is 3.19. The lowest BCUT2D eigenvalue weighted by molar-refractivity contribution is -0.154.